The zero-order chi connectivity index (χ0) is 19.5. The van der Waals surface area contributed by atoms with Crippen molar-refractivity contribution in [2.75, 3.05) is 13.7 Å². The number of nitrogens with one attached hydrogen (secondary N) is 1. The summed E-state index contributed by atoms with van der Waals surface area (Å²) in [5.41, 5.74) is 1.76. The van der Waals surface area contributed by atoms with Crippen LogP contribution in [0.2, 0.25) is 5.02 Å². The number of para-hydroxylation sites is 1. The molecule has 0 fully saturated rings. The van der Waals surface area contributed by atoms with Crippen molar-refractivity contribution < 1.29 is 13.9 Å². The Bertz CT molecular complexity index is 709. The Labute approximate surface area is 166 Å². The lowest BCUT2D eigenvalue weighted by atomic mass is 10.1. The Morgan fingerprint density at radius 3 is 2.59 bits per heavy atom. The van der Waals surface area contributed by atoms with Crippen molar-refractivity contribution in [2.24, 2.45) is 0 Å². The molecule has 2 rings (SSSR count). The molecule has 0 unspecified atom stereocenters. The molecule has 1 N–H and O–H groups in total. The quantitative estimate of drug-likeness (QED) is 0.440. The minimum absolute atomic E-state index is 0.253. The van der Waals surface area contributed by atoms with Gasteiger partial charge in [-0.15, -0.1) is 0 Å². The third-order valence-electron chi connectivity index (χ3n) is 4.44. The Morgan fingerprint density at radius 1 is 1.04 bits per heavy atom. The third-order valence-corrected chi connectivity index (χ3v) is 4.79. The van der Waals surface area contributed by atoms with Gasteiger partial charge in [0, 0.05) is 17.7 Å². The summed E-state index contributed by atoms with van der Waals surface area (Å²) in [6.45, 7) is 4.16. The number of unbranched alkanes of at least 4 members (excludes halogenated alkanes) is 4. The lowest BCUT2D eigenvalue weighted by Gasteiger charge is -2.16. The fourth-order valence-electron chi connectivity index (χ4n) is 2.89. The molecule has 0 aliphatic rings. The molecule has 0 radical (unpaired) electrons. The van der Waals surface area contributed by atoms with Gasteiger partial charge in [-0.3, -0.25) is 0 Å². The van der Waals surface area contributed by atoms with E-state index in [4.69, 9.17) is 21.1 Å². The summed E-state index contributed by atoms with van der Waals surface area (Å²) >= 11 is 6.10. The molecule has 0 saturated heterocycles. The van der Waals surface area contributed by atoms with Gasteiger partial charge in [0.1, 0.15) is 12.4 Å². The summed E-state index contributed by atoms with van der Waals surface area (Å²) in [6.07, 6.45) is 6.29. The van der Waals surface area contributed by atoms with Crippen LogP contribution < -0.4 is 14.8 Å². The maximum atomic E-state index is 13.2. The normalized spacial score (nSPS) is 10.8. The SMILES string of the molecule is CCCCCCCNCc1cccc(OC)c1OCc1ccc(F)cc1Cl. The largest absolute Gasteiger partial charge is 0.493 e. The summed E-state index contributed by atoms with van der Waals surface area (Å²) in [4.78, 5) is 0. The molecule has 0 aromatic heterocycles. The maximum Gasteiger partial charge on any atom is 0.166 e. The second-order valence-electron chi connectivity index (χ2n) is 6.56. The summed E-state index contributed by atoms with van der Waals surface area (Å²) in [5, 5.41) is 3.83. The molecule has 2 aromatic carbocycles. The molecule has 0 bridgehead atoms. The molecule has 148 valence electrons. The van der Waals surface area contributed by atoms with Gasteiger partial charge in [0.15, 0.2) is 11.5 Å². The molecule has 27 heavy (non-hydrogen) atoms. The Hall–Kier alpha value is -1.78. The lowest BCUT2D eigenvalue weighted by Crippen LogP contribution is -2.15. The number of ether oxygens (including phenoxy) is 2. The molecule has 0 aliphatic heterocycles. The van der Waals surface area contributed by atoms with Crippen molar-refractivity contribution >= 4 is 11.6 Å². The van der Waals surface area contributed by atoms with E-state index in [2.05, 4.69) is 12.2 Å². The first-order valence-electron chi connectivity index (χ1n) is 9.59. The van der Waals surface area contributed by atoms with Crippen LogP contribution in [0.3, 0.4) is 0 Å². The molecular formula is C22H29ClFNO2. The standard InChI is InChI=1S/C22H29ClFNO2/c1-3-4-5-6-7-13-25-15-17-9-8-10-21(26-2)22(17)27-16-18-11-12-19(24)14-20(18)23/h8-12,14,25H,3-7,13,15-16H2,1-2H3. The van der Waals surface area contributed by atoms with Crippen LogP contribution in [0.1, 0.15) is 50.2 Å². The van der Waals surface area contributed by atoms with E-state index < -0.39 is 0 Å². The fraction of sp³-hybridized carbons (Fsp3) is 0.455. The Balaban J connectivity index is 1.95. The van der Waals surface area contributed by atoms with Gasteiger partial charge in [-0.25, -0.2) is 4.39 Å². The first-order chi connectivity index (χ1) is 13.2. The monoisotopic (exact) mass is 393 g/mol. The highest BCUT2D eigenvalue weighted by Crippen LogP contribution is 2.32. The average molecular weight is 394 g/mol. The number of halogens is 2. The van der Waals surface area contributed by atoms with Crippen LogP contribution >= 0.6 is 11.6 Å². The van der Waals surface area contributed by atoms with Crippen LogP contribution in [0.4, 0.5) is 4.39 Å². The van der Waals surface area contributed by atoms with Gasteiger partial charge >= 0.3 is 0 Å². The van der Waals surface area contributed by atoms with E-state index in [1.807, 2.05) is 18.2 Å². The molecule has 0 atom stereocenters. The van der Waals surface area contributed by atoms with E-state index in [1.165, 1.54) is 44.2 Å². The van der Waals surface area contributed by atoms with E-state index in [0.717, 1.165) is 17.7 Å². The number of hydrogen-bond donors (Lipinski definition) is 1. The highest BCUT2D eigenvalue weighted by molar-refractivity contribution is 6.31. The summed E-state index contributed by atoms with van der Waals surface area (Å²) in [5.74, 6) is 1.01. The molecule has 0 heterocycles. The van der Waals surface area contributed by atoms with Crippen molar-refractivity contribution in [2.45, 2.75) is 52.2 Å². The van der Waals surface area contributed by atoms with Crippen LogP contribution in [0.15, 0.2) is 36.4 Å². The van der Waals surface area contributed by atoms with Gasteiger partial charge in [-0.1, -0.05) is 62.4 Å². The Kier molecular flexibility index (Phi) is 9.43. The summed E-state index contributed by atoms with van der Waals surface area (Å²) in [6, 6.07) is 10.2. The van der Waals surface area contributed by atoms with Gasteiger partial charge in [0.2, 0.25) is 0 Å². The van der Waals surface area contributed by atoms with Gasteiger partial charge in [0.25, 0.3) is 0 Å². The van der Waals surface area contributed by atoms with E-state index in [9.17, 15) is 4.39 Å². The van der Waals surface area contributed by atoms with Crippen molar-refractivity contribution in [1.82, 2.24) is 5.32 Å². The lowest BCUT2D eigenvalue weighted by molar-refractivity contribution is 0.280. The predicted molar refractivity (Wildman–Crippen MR) is 109 cm³/mol. The zero-order valence-electron chi connectivity index (χ0n) is 16.2. The number of rotatable bonds is 12. The number of benzene rings is 2. The highest BCUT2D eigenvalue weighted by Gasteiger charge is 2.12. The van der Waals surface area contributed by atoms with Crippen molar-refractivity contribution in [3.8, 4) is 11.5 Å². The van der Waals surface area contributed by atoms with Crippen molar-refractivity contribution in [1.29, 1.82) is 0 Å². The molecule has 3 nitrogen and oxygen atoms in total. The van der Waals surface area contributed by atoms with Crippen LogP contribution in [0.25, 0.3) is 0 Å². The first kappa shape index (κ1) is 21.5. The van der Waals surface area contributed by atoms with Crippen LogP contribution in [-0.2, 0) is 13.2 Å². The second kappa shape index (κ2) is 11.8. The van der Waals surface area contributed by atoms with Gasteiger partial charge in [0.05, 0.1) is 12.1 Å². The van der Waals surface area contributed by atoms with Crippen molar-refractivity contribution in [3.63, 3.8) is 0 Å². The summed E-state index contributed by atoms with van der Waals surface area (Å²) < 4.78 is 24.7. The molecule has 0 saturated carbocycles. The molecule has 2 aromatic rings. The van der Waals surface area contributed by atoms with Crippen LogP contribution in [-0.4, -0.2) is 13.7 Å². The van der Waals surface area contributed by atoms with Crippen molar-refractivity contribution in [3.05, 3.63) is 58.4 Å². The summed E-state index contributed by atoms with van der Waals surface area (Å²) in [7, 11) is 1.62. The predicted octanol–water partition coefficient (Wildman–Crippen LogP) is 6.13. The number of methoxy groups -OCH3 is 1. The number of hydrogen-bond acceptors (Lipinski definition) is 3. The molecule has 0 amide bonds. The minimum Gasteiger partial charge on any atom is -0.493 e. The van der Waals surface area contributed by atoms with Crippen LogP contribution in [0, 0.1) is 5.82 Å². The Morgan fingerprint density at radius 2 is 1.85 bits per heavy atom. The first-order valence-corrected chi connectivity index (χ1v) is 9.96. The van der Waals surface area contributed by atoms with E-state index >= 15 is 0 Å². The average Bonchev–Trinajstić information content (AvgIpc) is 2.67. The maximum absolute atomic E-state index is 13.2. The zero-order valence-corrected chi connectivity index (χ0v) is 16.9. The smallest absolute Gasteiger partial charge is 0.166 e. The highest BCUT2D eigenvalue weighted by atomic mass is 35.5. The second-order valence-corrected chi connectivity index (χ2v) is 6.97. The molecule has 5 heteroatoms. The van der Waals surface area contributed by atoms with Crippen LogP contribution in [0.5, 0.6) is 11.5 Å². The van der Waals surface area contributed by atoms with E-state index in [-0.39, 0.29) is 12.4 Å². The van der Waals surface area contributed by atoms with Gasteiger partial charge in [-0.05, 0) is 31.2 Å². The topological polar surface area (TPSA) is 30.5 Å². The molecule has 0 spiro atoms. The fourth-order valence-corrected chi connectivity index (χ4v) is 3.11. The van der Waals surface area contributed by atoms with E-state index in [0.29, 0.717) is 23.1 Å². The molecular weight excluding hydrogens is 365 g/mol. The molecule has 0 aliphatic carbocycles. The van der Waals surface area contributed by atoms with Gasteiger partial charge in [-0.2, -0.15) is 0 Å². The minimum atomic E-state index is -0.357. The third kappa shape index (κ3) is 7.04. The van der Waals surface area contributed by atoms with Gasteiger partial charge < -0.3 is 14.8 Å². The van der Waals surface area contributed by atoms with E-state index in [1.54, 1.807) is 13.2 Å².